The van der Waals surface area contributed by atoms with Gasteiger partial charge in [0, 0.05) is 5.33 Å². The molecule has 0 saturated carbocycles. The van der Waals surface area contributed by atoms with Crippen LogP contribution in [-0.2, 0) is 15.2 Å². The molecule has 72 valence electrons. The lowest BCUT2D eigenvalue weighted by Crippen LogP contribution is -2.03. The molecule has 0 unspecified atom stereocenters. The summed E-state index contributed by atoms with van der Waals surface area (Å²) in [4.78, 5) is 0.409. The normalized spacial score (nSPS) is 11.5. The summed E-state index contributed by atoms with van der Waals surface area (Å²) < 4.78 is 22.9. The van der Waals surface area contributed by atoms with E-state index in [-0.39, 0.29) is 5.75 Å². The molecule has 0 aromatic heterocycles. The molecular weight excluding hydrogens is 252 g/mol. The maximum atomic E-state index is 11.5. The van der Waals surface area contributed by atoms with Crippen LogP contribution in [0.3, 0.4) is 0 Å². The minimum atomic E-state index is -3.05. The van der Waals surface area contributed by atoms with Crippen LogP contribution < -0.4 is 0 Å². The van der Waals surface area contributed by atoms with Crippen molar-refractivity contribution < 1.29 is 8.42 Å². The van der Waals surface area contributed by atoms with Gasteiger partial charge in [0.05, 0.1) is 10.6 Å². The maximum absolute atomic E-state index is 11.5. The van der Waals surface area contributed by atoms with Crippen LogP contribution in [0, 0.1) is 0 Å². The second kappa shape index (κ2) is 4.24. The van der Waals surface area contributed by atoms with E-state index in [0.29, 0.717) is 10.2 Å². The first-order valence-electron chi connectivity index (χ1n) is 3.98. The van der Waals surface area contributed by atoms with E-state index in [2.05, 4.69) is 15.9 Å². The summed E-state index contributed by atoms with van der Waals surface area (Å²) in [6.45, 7) is 1.65. The molecule has 13 heavy (non-hydrogen) atoms. The summed E-state index contributed by atoms with van der Waals surface area (Å²) >= 11 is 3.29. The number of benzene rings is 1. The van der Waals surface area contributed by atoms with Gasteiger partial charge in [-0.1, -0.05) is 35.0 Å². The Labute approximate surface area is 87.0 Å². The van der Waals surface area contributed by atoms with Crippen molar-refractivity contribution in [2.24, 2.45) is 0 Å². The zero-order valence-electron chi connectivity index (χ0n) is 7.33. The molecule has 0 aliphatic carbocycles. The summed E-state index contributed by atoms with van der Waals surface area (Å²) in [5, 5.41) is 0.681. The molecule has 0 fully saturated rings. The number of sulfone groups is 1. The summed E-state index contributed by atoms with van der Waals surface area (Å²) in [7, 11) is -3.05. The van der Waals surface area contributed by atoms with Gasteiger partial charge in [-0.2, -0.15) is 0 Å². The Hall–Kier alpha value is -0.350. The number of alkyl halides is 1. The standard InChI is InChI=1S/C9H11BrO2S/c1-2-13(11,12)9-5-3-4-8(6-9)7-10/h3-6H,2,7H2,1H3. The third-order valence-corrected chi connectivity index (χ3v) is 4.17. The first kappa shape index (κ1) is 10.7. The van der Waals surface area contributed by atoms with E-state index in [9.17, 15) is 8.42 Å². The highest BCUT2D eigenvalue weighted by molar-refractivity contribution is 9.08. The van der Waals surface area contributed by atoms with Crippen LogP contribution in [0.5, 0.6) is 0 Å². The van der Waals surface area contributed by atoms with Gasteiger partial charge in [0.25, 0.3) is 0 Å². The molecule has 4 heteroatoms. The van der Waals surface area contributed by atoms with E-state index in [1.54, 1.807) is 25.1 Å². The Kier molecular flexibility index (Phi) is 3.50. The van der Waals surface area contributed by atoms with Crippen LogP contribution in [0.1, 0.15) is 12.5 Å². The van der Waals surface area contributed by atoms with Gasteiger partial charge in [-0.25, -0.2) is 8.42 Å². The van der Waals surface area contributed by atoms with Gasteiger partial charge >= 0.3 is 0 Å². The Morgan fingerprint density at radius 3 is 2.62 bits per heavy atom. The predicted octanol–water partition coefficient (Wildman–Crippen LogP) is 2.38. The molecule has 0 N–H and O–H groups in total. The molecule has 0 amide bonds. The molecule has 0 radical (unpaired) electrons. The Morgan fingerprint density at radius 1 is 1.38 bits per heavy atom. The minimum absolute atomic E-state index is 0.152. The minimum Gasteiger partial charge on any atom is -0.224 e. The molecule has 0 aliphatic heterocycles. The van der Waals surface area contributed by atoms with E-state index < -0.39 is 9.84 Å². The van der Waals surface area contributed by atoms with Crippen LogP contribution in [0.2, 0.25) is 0 Å². The maximum Gasteiger partial charge on any atom is 0.178 e. The number of rotatable bonds is 3. The lowest BCUT2D eigenvalue weighted by molar-refractivity contribution is 0.597. The fourth-order valence-corrected chi connectivity index (χ4v) is 2.29. The van der Waals surface area contributed by atoms with E-state index in [0.717, 1.165) is 5.56 Å². The van der Waals surface area contributed by atoms with Gasteiger partial charge < -0.3 is 0 Å². The zero-order valence-corrected chi connectivity index (χ0v) is 9.73. The predicted molar refractivity (Wildman–Crippen MR) is 56.8 cm³/mol. The Bertz CT molecular complexity index is 384. The van der Waals surface area contributed by atoms with Gasteiger partial charge in [0.1, 0.15) is 0 Å². The van der Waals surface area contributed by atoms with Crippen LogP contribution in [-0.4, -0.2) is 14.2 Å². The molecule has 1 aromatic rings. The van der Waals surface area contributed by atoms with E-state index in [1.165, 1.54) is 0 Å². The van der Waals surface area contributed by atoms with Gasteiger partial charge in [-0.15, -0.1) is 0 Å². The largest absolute Gasteiger partial charge is 0.224 e. The Balaban J connectivity index is 3.17. The molecule has 0 atom stereocenters. The van der Waals surface area contributed by atoms with Crippen molar-refractivity contribution in [3.63, 3.8) is 0 Å². The average molecular weight is 263 g/mol. The van der Waals surface area contributed by atoms with E-state index in [4.69, 9.17) is 0 Å². The van der Waals surface area contributed by atoms with E-state index >= 15 is 0 Å². The molecule has 2 nitrogen and oxygen atoms in total. The summed E-state index contributed by atoms with van der Waals surface area (Å²) in [6, 6.07) is 6.99. The van der Waals surface area contributed by atoms with Crippen molar-refractivity contribution >= 4 is 25.8 Å². The molecule has 0 bridgehead atoms. The molecule has 0 spiro atoms. The average Bonchev–Trinajstić information content (AvgIpc) is 2.18. The molecule has 0 aliphatic rings. The van der Waals surface area contributed by atoms with Gasteiger partial charge in [-0.05, 0) is 17.7 Å². The van der Waals surface area contributed by atoms with Crippen molar-refractivity contribution in [3.05, 3.63) is 29.8 Å². The fraction of sp³-hybridized carbons (Fsp3) is 0.333. The first-order valence-corrected chi connectivity index (χ1v) is 6.75. The van der Waals surface area contributed by atoms with Crippen molar-refractivity contribution in [1.82, 2.24) is 0 Å². The van der Waals surface area contributed by atoms with Crippen molar-refractivity contribution in [2.45, 2.75) is 17.1 Å². The molecular formula is C9H11BrO2S. The molecule has 0 heterocycles. The SMILES string of the molecule is CCS(=O)(=O)c1cccc(CBr)c1. The molecule has 0 saturated heterocycles. The number of halogens is 1. The summed E-state index contributed by atoms with van der Waals surface area (Å²) in [6.07, 6.45) is 0. The van der Waals surface area contributed by atoms with Crippen molar-refractivity contribution in [1.29, 1.82) is 0 Å². The second-order valence-electron chi connectivity index (χ2n) is 2.68. The molecule has 1 aromatic carbocycles. The number of hydrogen-bond donors (Lipinski definition) is 0. The van der Waals surface area contributed by atoms with Gasteiger partial charge in [-0.3, -0.25) is 0 Å². The highest BCUT2D eigenvalue weighted by Gasteiger charge is 2.10. The molecule has 1 rings (SSSR count). The summed E-state index contributed by atoms with van der Waals surface area (Å²) in [5.74, 6) is 0.152. The smallest absolute Gasteiger partial charge is 0.178 e. The quantitative estimate of drug-likeness (QED) is 0.784. The van der Waals surface area contributed by atoms with Crippen LogP contribution in [0.25, 0.3) is 0 Å². The first-order chi connectivity index (χ1) is 6.10. The third kappa shape index (κ3) is 2.54. The van der Waals surface area contributed by atoms with Crippen molar-refractivity contribution in [2.75, 3.05) is 5.75 Å². The third-order valence-electron chi connectivity index (χ3n) is 1.79. The van der Waals surface area contributed by atoms with Gasteiger partial charge in [0.2, 0.25) is 0 Å². The second-order valence-corrected chi connectivity index (χ2v) is 5.52. The van der Waals surface area contributed by atoms with Crippen molar-refractivity contribution in [3.8, 4) is 0 Å². The fourth-order valence-electron chi connectivity index (χ4n) is 0.989. The van der Waals surface area contributed by atoms with E-state index in [1.807, 2.05) is 6.07 Å². The lowest BCUT2D eigenvalue weighted by atomic mass is 10.2. The highest BCUT2D eigenvalue weighted by atomic mass is 79.9. The lowest BCUT2D eigenvalue weighted by Gasteiger charge is -2.02. The van der Waals surface area contributed by atoms with Crippen LogP contribution in [0.15, 0.2) is 29.2 Å². The topological polar surface area (TPSA) is 34.1 Å². The zero-order chi connectivity index (χ0) is 9.90. The monoisotopic (exact) mass is 262 g/mol. The highest BCUT2D eigenvalue weighted by Crippen LogP contribution is 2.14. The van der Waals surface area contributed by atoms with Crippen LogP contribution in [0.4, 0.5) is 0 Å². The Morgan fingerprint density at radius 2 is 2.08 bits per heavy atom. The summed E-state index contributed by atoms with van der Waals surface area (Å²) in [5.41, 5.74) is 0.981. The number of hydrogen-bond acceptors (Lipinski definition) is 2. The van der Waals surface area contributed by atoms with Crippen LogP contribution >= 0.6 is 15.9 Å². The van der Waals surface area contributed by atoms with Gasteiger partial charge in [0.15, 0.2) is 9.84 Å².